The third-order valence-electron chi connectivity index (χ3n) is 6.65. The fourth-order valence-electron chi connectivity index (χ4n) is 4.76. The summed E-state index contributed by atoms with van der Waals surface area (Å²) < 4.78 is 5.28. The molecule has 1 N–H and O–H groups in total. The van der Waals surface area contributed by atoms with Gasteiger partial charge in [-0.2, -0.15) is 0 Å². The lowest BCUT2D eigenvalue weighted by Crippen LogP contribution is -2.30. The van der Waals surface area contributed by atoms with Crippen molar-refractivity contribution in [1.82, 2.24) is 4.90 Å². The SMILES string of the molecule is CCOC(=O)c1c(-c2ccc(C)cc2C)csc1NC(=O)CCCCCN1C(=O)c2cccc([N+](=O)[O-])c2C1=O. The van der Waals surface area contributed by atoms with Crippen molar-refractivity contribution in [3.63, 3.8) is 0 Å². The fraction of sp³-hybridized carbons (Fsp3) is 0.310. The predicted octanol–water partition coefficient (Wildman–Crippen LogP) is 5.91. The average molecular weight is 564 g/mol. The van der Waals surface area contributed by atoms with E-state index in [9.17, 15) is 29.3 Å². The number of imide groups is 1. The Morgan fingerprint density at radius 1 is 1.02 bits per heavy atom. The molecular weight excluding hydrogens is 534 g/mol. The van der Waals surface area contributed by atoms with E-state index >= 15 is 0 Å². The Morgan fingerprint density at radius 2 is 1.80 bits per heavy atom. The van der Waals surface area contributed by atoms with Gasteiger partial charge in [-0.15, -0.1) is 11.3 Å². The Morgan fingerprint density at radius 3 is 2.50 bits per heavy atom. The Kier molecular flexibility index (Phi) is 8.73. The number of rotatable bonds is 11. The molecule has 0 aliphatic carbocycles. The van der Waals surface area contributed by atoms with Gasteiger partial charge in [0.1, 0.15) is 16.1 Å². The molecule has 0 radical (unpaired) electrons. The van der Waals surface area contributed by atoms with Gasteiger partial charge < -0.3 is 10.1 Å². The van der Waals surface area contributed by atoms with E-state index in [0.29, 0.717) is 35.4 Å². The van der Waals surface area contributed by atoms with Crippen LogP contribution in [0.3, 0.4) is 0 Å². The van der Waals surface area contributed by atoms with E-state index in [0.717, 1.165) is 21.6 Å². The average Bonchev–Trinajstić information content (AvgIpc) is 3.42. The van der Waals surface area contributed by atoms with E-state index in [1.54, 1.807) is 6.92 Å². The van der Waals surface area contributed by atoms with Gasteiger partial charge in [-0.05, 0) is 50.8 Å². The molecule has 0 saturated heterocycles. The maximum absolute atomic E-state index is 12.8. The van der Waals surface area contributed by atoms with Gasteiger partial charge in [0, 0.05) is 30.0 Å². The number of nitrogens with zero attached hydrogens (tertiary/aromatic N) is 2. The van der Waals surface area contributed by atoms with Crippen LogP contribution in [-0.2, 0) is 9.53 Å². The molecule has 0 fully saturated rings. The molecule has 1 aliphatic heterocycles. The number of carbonyl (C=O) groups excluding carboxylic acids is 4. The highest BCUT2D eigenvalue weighted by Gasteiger charge is 2.40. The van der Waals surface area contributed by atoms with Crippen LogP contribution in [-0.4, -0.2) is 46.7 Å². The van der Waals surface area contributed by atoms with Gasteiger partial charge in [0.05, 0.1) is 17.1 Å². The number of nitrogens with one attached hydrogen (secondary N) is 1. The number of unbranched alkanes of at least 4 members (excludes halogenated alkanes) is 2. The van der Waals surface area contributed by atoms with Crippen LogP contribution in [0.1, 0.15) is 74.8 Å². The van der Waals surface area contributed by atoms with Crippen LogP contribution in [0, 0.1) is 24.0 Å². The second-order valence-corrected chi connectivity index (χ2v) is 10.3. The summed E-state index contributed by atoms with van der Waals surface area (Å²) in [6.45, 7) is 5.99. The first-order chi connectivity index (χ1) is 19.1. The third kappa shape index (κ3) is 5.79. The smallest absolute Gasteiger partial charge is 0.341 e. The monoisotopic (exact) mass is 563 g/mol. The first kappa shape index (κ1) is 28.6. The highest BCUT2D eigenvalue weighted by Crippen LogP contribution is 2.38. The standard InChI is InChI=1S/C29H29N3O7S/c1-4-39-29(36)25-21(19-13-12-17(2)15-18(19)3)16-40-26(25)30-23(33)11-6-5-7-14-31-27(34)20-9-8-10-22(32(37)38)24(20)28(31)35/h8-10,12-13,15-16H,4-7,11,14H2,1-3H3,(H,30,33). The summed E-state index contributed by atoms with van der Waals surface area (Å²) in [6, 6.07) is 9.95. The van der Waals surface area contributed by atoms with Gasteiger partial charge in [0.25, 0.3) is 17.5 Å². The highest BCUT2D eigenvalue weighted by atomic mass is 32.1. The maximum atomic E-state index is 12.8. The van der Waals surface area contributed by atoms with Crippen LogP contribution < -0.4 is 5.32 Å². The van der Waals surface area contributed by atoms with E-state index in [4.69, 9.17) is 4.74 Å². The van der Waals surface area contributed by atoms with Crippen LogP contribution in [0.5, 0.6) is 0 Å². The second-order valence-electron chi connectivity index (χ2n) is 9.47. The molecule has 2 aromatic carbocycles. The van der Waals surface area contributed by atoms with E-state index in [1.807, 2.05) is 37.4 Å². The first-order valence-corrected chi connectivity index (χ1v) is 13.8. The number of thiophene rings is 1. The zero-order valence-corrected chi connectivity index (χ0v) is 23.3. The summed E-state index contributed by atoms with van der Waals surface area (Å²) in [4.78, 5) is 62.5. The van der Waals surface area contributed by atoms with Crippen molar-refractivity contribution in [2.75, 3.05) is 18.5 Å². The number of amides is 3. The van der Waals surface area contributed by atoms with Gasteiger partial charge in [-0.25, -0.2) is 4.79 Å². The Labute approximate surface area is 235 Å². The number of nitro groups is 1. The number of esters is 1. The Bertz CT molecular complexity index is 1510. The molecule has 40 heavy (non-hydrogen) atoms. The quantitative estimate of drug-likeness (QED) is 0.101. The fourth-order valence-corrected chi connectivity index (χ4v) is 5.73. The van der Waals surface area contributed by atoms with Gasteiger partial charge >= 0.3 is 5.97 Å². The van der Waals surface area contributed by atoms with Crippen molar-refractivity contribution >= 4 is 45.7 Å². The van der Waals surface area contributed by atoms with E-state index < -0.39 is 22.7 Å². The minimum absolute atomic E-state index is 0.0344. The Hall–Kier alpha value is -4.38. The first-order valence-electron chi connectivity index (χ1n) is 12.9. The minimum atomic E-state index is -0.672. The second kappa shape index (κ2) is 12.2. The summed E-state index contributed by atoms with van der Waals surface area (Å²) in [5.74, 6) is -2.00. The van der Waals surface area contributed by atoms with Crippen LogP contribution >= 0.6 is 11.3 Å². The van der Waals surface area contributed by atoms with E-state index in [2.05, 4.69) is 5.32 Å². The molecule has 1 aliphatic rings. The summed E-state index contributed by atoms with van der Waals surface area (Å²) in [5.41, 5.74) is 3.51. The number of nitro benzene ring substituents is 1. The molecule has 2 heterocycles. The van der Waals surface area contributed by atoms with Crippen LogP contribution in [0.4, 0.5) is 10.7 Å². The molecule has 0 unspecified atom stereocenters. The molecule has 4 rings (SSSR count). The molecule has 208 valence electrons. The van der Waals surface area contributed by atoms with E-state index in [1.165, 1.54) is 29.5 Å². The summed E-state index contributed by atoms with van der Waals surface area (Å²) in [7, 11) is 0. The minimum Gasteiger partial charge on any atom is -0.462 e. The number of anilines is 1. The van der Waals surface area contributed by atoms with Crippen molar-refractivity contribution < 1.29 is 28.8 Å². The predicted molar refractivity (Wildman–Crippen MR) is 151 cm³/mol. The number of ether oxygens (including phenoxy) is 1. The zero-order chi connectivity index (χ0) is 29.0. The number of hydrogen-bond acceptors (Lipinski definition) is 8. The number of hydrogen-bond donors (Lipinski definition) is 1. The van der Waals surface area contributed by atoms with Crippen LogP contribution in [0.15, 0.2) is 41.8 Å². The molecule has 3 aromatic rings. The number of fused-ring (bicyclic) bond motifs is 1. The highest BCUT2D eigenvalue weighted by molar-refractivity contribution is 7.15. The molecule has 3 amide bonds. The van der Waals surface area contributed by atoms with Crippen molar-refractivity contribution in [3.8, 4) is 11.1 Å². The maximum Gasteiger partial charge on any atom is 0.341 e. The molecule has 0 spiro atoms. The van der Waals surface area contributed by atoms with Gasteiger partial charge in [0.2, 0.25) is 5.91 Å². The van der Waals surface area contributed by atoms with Crippen molar-refractivity contribution in [2.24, 2.45) is 0 Å². The number of benzene rings is 2. The molecule has 0 bridgehead atoms. The normalized spacial score (nSPS) is 12.4. The summed E-state index contributed by atoms with van der Waals surface area (Å²) in [6.07, 6.45) is 1.65. The van der Waals surface area contributed by atoms with Crippen molar-refractivity contribution in [1.29, 1.82) is 0 Å². The number of carbonyl (C=O) groups is 4. The van der Waals surface area contributed by atoms with Crippen molar-refractivity contribution in [3.05, 3.63) is 79.7 Å². The summed E-state index contributed by atoms with van der Waals surface area (Å²) in [5, 5.41) is 16.4. The summed E-state index contributed by atoms with van der Waals surface area (Å²) >= 11 is 1.26. The molecule has 10 nitrogen and oxygen atoms in total. The zero-order valence-electron chi connectivity index (χ0n) is 22.4. The van der Waals surface area contributed by atoms with Gasteiger partial charge in [-0.1, -0.05) is 36.2 Å². The molecule has 11 heteroatoms. The van der Waals surface area contributed by atoms with E-state index in [-0.39, 0.29) is 42.3 Å². The molecule has 1 aromatic heterocycles. The van der Waals surface area contributed by atoms with Crippen molar-refractivity contribution in [2.45, 2.75) is 46.5 Å². The topological polar surface area (TPSA) is 136 Å². The van der Waals surface area contributed by atoms with Gasteiger partial charge in [-0.3, -0.25) is 29.4 Å². The number of aryl methyl sites for hydroxylation is 2. The van der Waals surface area contributed by atoms with Gasteiger partial charge in [0.15, 0.2) is 0 Å². The van der Waals surface area contributed by atoms with Crippen LogP contribution in [0.25, 0.3) is 11.1 Å². The molecule has 0 atom stereocenters. The third-order valence-corrected chi connectivity index (χ3v) is 7.55. The molecule has 0 saturated carbocycles. The largest absolute Gasteiger partial charge is 0.462 e. The lowest BCUT2D eigenvalue weighted by Gasteiger charge is -2.13. The lowest BCUT2D eigenvalue weighted by molar-refractivity contribution is -0.385. The lowest BCUT2D eigenvalue weighted by atomic mass is 9.97. The molecular formula is C29H29N3O7S. The van der Waals surface area contributed by atoms with Crippen LogP contribution in [0.2, 0.25) is 0 Å². The Balaban J connectivity index is 1.34.